The number of carbonyl (C=O) groups excluding carboxylic acids is 1. The zero-order chi connectivity index (χ0) is 21.8. The Balaban J connectivity index is 1.49. The monoisotopic (exact) mass is 425 g/mol. The van der Waals surface area contributed by atoms with Gasteiger partial charge >= 0.3 is 0 Å². The second-order valence-electron chi connectivity index (χ2n) is 8.75. The molecule has 0 radical (unpaired) electrons. The fourth-order valence-corrected chi connectivity index (χ4v) is 4.92. The quantitative estimate of drug-likeness (QED) is 0.772. The first-order chi connectivity index (χ1) is 15.0. The fraction of sp³-hybridized carbons (Fsp3) is 0.480. The minimum atomic E-state index is -0.241. The number of carbonyl (C=O) groups is 1. The Hall–Kier alpha value is -2.44. The van der Waals surface area contributed by atoms with Crippen LogP contribution in [0.2, 0.25) is 0 Å². The summed E-state index contributed by atoms with van der Waals surface area (Å²) in [7, 11) is 3.78. The molecular weight excluding hydrogens is 393 g/mol. The van der Waals surface area contributed by atoms with Crippen LogP contribution in [0.1, 0.15) is 29.9 Å². The summed E-state index contributed by atoms with van der Waals surface area (Å²) in [5.74, 6) is 0.888. The molecule has 3 atom stereocenters. The highest BCUT2D eigenvalue weighted by molar-refractivity contribution is 5.80. The molecule has 0 bridgehead atoms. The summed E-state index contributed by atoms with van der Waals surface area (Å²) < 4.78 is 19.0. The van der Waals surface area contributed by atoms with Crippen LogP contribution in [0.15, 0.2) is 48.5 Å². The van der Waals surface area contributed by atoms with E-state index >= 15 is 0 Å². The third-order valence-corrected chi connectivity index (χ3v) is 6.77. The molecule has 1 saturated heterocycles. The Kier molecular flexibility index (Phi) is 6.88. The summed E-state index contributed by atoms with van der Waals surface area (Å²) in [5, 5.41) is 3.65. The zero-order valence-corrected chi connectivity index (χ0v) is 18.4. The predicted octanol–water partition coefficient (Wildman–Crippen LogP) is 3.26. The Morgan fingerprint density at radius 2 is 1.77 bits per heavy atom. The number of para-hydroxylation sites is 1. The van der Waals surface area contributed by atoms with Crippen molar-refractivity contribution < 1.29 is 13.9 Å². The van der Waals surface area contributed by atoms with Crippen LogP contribution in [0.25, 0.3) is 0 Å². The van der Waals surface area contributed by atoms with E-state index in [1.54, 1.807) is 7.11 Å². The summed E-state index contributed by atoms with van der Waals surface area (Å²) in [6.07, 6.45) is 1.66. The van der Waals surface area contributed by atoms with E-state index in [-0.39, 0.29) is 29.6 Å². The van der Waals surface area contributed by atoms with E-state index < -0.39 is 0 Å². The average Bonchev–Trinajstić information content (AvgIpc) is 3.22. The van der Waals surface area contributed by atoms with Gasteiger partial charge in [-0.1, -0.05) is 30.3 Å². The molecule has 1 N–H and O–H groups in total. The molecule has 1 aliphatic heterocycles. The second-order valence-corrected chi connectivity index (χ2v) is 8.75. The smallest absolute Gasteiger partial charge is 0.226 e. The number of nitrogens with zero attached hydrogens (tertiary/aromatic N) is 2. The van der Waals surface area contributed by atoms with Gasteiger partial charge < -0.3 is 19.9 Å². The molecule has 2 fully saturated rings. The molecule has 2 aromatic rings. The van der Waals surface area contributed by atoms with Gasteiger partial charge in [0.2, 0.25) is 5.91 Å². The van der Waals surface area contributed by atoms with Crippen LogP contribution in [0.3, 0.4) is 0 Å². The number of amides is 1. The molecule has 1 heterocycles. The minimum absolute atomic E-state index is 0.0796. The first kappa shape index (κ1) is 21.8. The molecule has 0 spiro atoms. The van der Waals surface area contributed by atoms with Gasteiger partial charge in [-0.25, -0.2) is 4.39 Å². The van der Waals surface area contributed by atoms with Gasteiger partial charge in [-0.2, -0.15) is 0 Å². The van der Waals surface area contributed by atoms with Crippen LogP contribution in [0.4, 0.5) is 4.39 Å². The van der Waals surface area contributed by atoms with Crippen molar-refractivity contribution >= 4 is 5.91 Å². The lowest BCUT2D eigenvalue weighted by Gasteiger charge is -2.35. The van der Waals surface area contributed by atoms with E-state index in [4.69, 9.17) is 4.74 Å². The zero-order valence-electron chi connectivity index (χ0n) is 18.4. The van der Waals surface area contributed by atoms with E-state index in [0.717, 1.165) is 55.9 Å². The third kappa shape index (κ3) is 5.08. The van der Waals surface area contributed by atoms with E-state index in [9.17, 15) is 9.18 Å². The van der Waals surface area contributed by atoms with E-state index in [1.165, 1.54) is 12.1 Å². The van der Waals surface area contributed by atoms with Gasteiger partial charge in [0, 0.05) is 50.2 Å². The van der Waals surface area contributed by atoms with E-state index in [0.29, 0.717) is 6.54 Å². The van der Waals surface area contributed by atoms with Gasteiger partial charge in [0.15, 0.2) is 0 Å². The van der Waals surface area contributed by atoms with Crippen molar-refractivity contribution in [3.63, 3.8) is 0 Å². The topological polar surface area (TPSA) is 44.8 Å². The van der Waals surface area contributed by atoms with Crippen molar-refractivity contribution in [2.24, 2.45) is 5.92 Å². The largest absolute Gasteiger partial charge is 0.496 e. The lowest BCUT2D eigenvalue weighted by molar-refractivity contribution is -0.137. The SMILES string of the molecule is COc1ccccc1CN[C@@H]1C[C@H](C(=O)N2CCN(C)CC2)[C@@H](c2ccc(F)cc2)C1. The van der Waals surface area contributed by atoms with Crippen LogP contribution in [0, 0.1) is 11.7 Å². The number of methoxy groups -OCH3 is 1. The highest BCUT2D eigenvalue weighted by Gasteiger charge is 2.41. The molecule has 1 amide bonds. The number of ether oxygens (including phenoxy) is 1. The Labute approximate surface area is 184 Å². The molecule has 1 saturated carbocycles. The maximum absolute atomic E-state index is 13.5. The van der Waals surface area contributed by atoms with Gasteiger partial charge in [-0.05, 0) is 49.6 Å². The first-order valence-corrected chi connectivity index (χ1v) is 11.1. The Bertz CT molecular complexity index is 881. The van der Waals surface area contributed by atoms with Crippen LogP contribution in [-0.2, 0) is 11.3 Å². The number of rotatable bonds is 6. The number of piperazine rings is 1. The standard InChI is InChI=1S/C25H32FN3O2/c1-28-11-13-29(14-12-28)25(30)23-16-21(15-22(23)18-7-9-20(26)10-8-18)27-17-19-5-3-4-6-24(19)31-2/h3-10,21-23,27H,11-17H2,1-2H3/t21-,22+,23-/m0/s1. The molecule has 2 aromatic carbocycles. The fourth-order valence-electron chi connectivity index (χ4n) is 4.92. The number of halogens is 1. The first-order valence-electron chi connectivity index (χ1n) is 11.1. The maximum atomic E-state index is 13.5. The van der Waals surface area contributed by atoms with Crippen LogP contribution in [0.5, 0.6) is 5.75 Å². The summed E-state index contributed by atoms with van der Waals surface area (Å²) >= 11 is 0. The number of nitrogens with one attached hydrogen (secondary N) is 1. The van der Waals surface area contributed by atoms with Gasteiger partial charge in [-0.3, -0.25) is 4.79 Å². The lowest BCUT2D eigenvalue weighted by Crippen LogP contribution is -2.49. The number of hydrogen-bond donors (Lipinski definition) is 1. The van der Waals surface area contributed by atoms with Gasteiger partial charge in [0.1, 0.15) is 11.6 Å². The molecule has 2 aliphatic rings. The molecule has 5 nitrogen and oxygen atoms in total. The molecule has 166 valence electrons. The van der Waals surface area contributed by atoms with Crippen LogP contribution in [-0.4, -0.2) is 62.1 Å². The van der Waals surface area contributed by atoms with Crippen molar-refractivity contribution in [2.75, 3.05) is 40.3 Å². The van der Waals surface area contributed by atoms with Gasteiger partial charge in [0.25, 0.3) is 0 Å². The minimum Gasteiger partial charge on any atom is -0.496 e. The van der Waals surface area contributed by atoms with Crippen molar-refractivity contribution in [2.45, 2.75) is 31.3 Å². The summed E-state index contributed by atoms with van der Waals surface area (Å²) in [6, 6.07) is 14.9. The van der Waals surface area contributed by atoms with E-state index in [1.807, 2.05) is 35.2 Å². The number of likely N-dealkylation sites (N-methyl/N-ethyl adjacent to an activating group) is 1. The summed E-state index contributed by atoms with van der Waals surface area (Å²) in [5.41, 5.74) is 2.16. The third-order valence-electron chi connectivity index (χ3n) is 6.77. The van der Waals surface area contributed by atoms with Crippen LogP contribution >= 0.6 is 0 Å². The lowest BCUT2D eigenvalue weighted by atomic mass is 9.87. The van der Waals surface area contributed by atoms with Crippen molar-refractivity contribution in [1.29, 1.82) is 0 Å². The predicted molar refractivity (Wildman–Crippen MR) is 120 cm³/mol. The normalized spacial score (nSPS) is 24.4. The Morgan fingerprint density at radius 1 is 1.06 bits per heavy atom. The number of hydrogen-bond acceptors (Lipinski definition) is 4. The van der Waals surface area contributed by atoms with Crippen LogP contribution < -0.4 is 10.1 Å². The second kappa shape index (κ2) is 9.79. The number of benzene rings is 2. The molecular formula is C25H32FN3O2. The van der Waals surface area contributed by atoms with E-state index in [2.05, 4.69) is 23.3 Å². The molecule has 31 heavy (non-hydrogen) atoms. The maximum Gasteiger partial charge on any atom is 0.226 e. The molecule has 0 unspecified atom stereocenters. The molecule has 6 heteroatoms. The molecule has 4 rings (SSSR count). The van der Waals surface area contributed by atoms with Crippen molar-refractivity contribution in [3.05, 3.63) is 65.5 Å². The summed E-state index contributed by atoms with van der Waals surface area (Å²) in [4.78, 5) is 17.7. The van der Waals surface area contributed by atoms with Gasteiger partial charge in [-0.15, -0.1) is 0 Å². The highest BCUT2D eigenvalue weighted by Crippen LogP contribution is 2.41. The van der Waals surface area contributed by atoms with Crippen molar-refractivity contribution in [1.82, 2.24) is 15.1 Å². The van der Waals surface area contributed by atoms with Crippen molar-refractivity contribution in [3.8, 4) is 5.75 Å². The summed E-state index contributed by atoms with van der Waals surface area (Å²) in [6.45, 7) is 4.08. The molecule has 1 aliphatic carbocycles. The average molecular weight is 426 g/mol. The molecule has 0 aromatic heterocycles. The Morgan fingerprint density at radius 3 is 2.48 bits per heavy atom. The highest BCUT2D eigenvalue weighted by atomic mass is 19.1. The van der Waals surface area contributed by atoms with Gasteiger partial charge in [0.05, 0.1) is 7.11 Å².